The van der Waals surface area contributed by atoms with Crippen molar-refractivity contribution in [2.75, 3.05) is 11.1 Å². The Morgan fingerprint density at radius 1 is 1.29 bits per heavy atom. The van der Waals surface area contributed by atoms with Gasteiger partial charge < -0.3 is 11.1 Å². The van der Waals surface area contributed by atoms with E-state index >= 15 is 0 Å². The van der Waals surface area contributed by atoms with Crippen LogP contribution in [0.1, 0.15) is 43.1 Å². The molecule has 0 saturated heterocycles. The molecule has 112 valence electrons. The third kappa shape index (κ3) is 2.62. The van der Waals surface area contributed by atoms with Gasteiger partial charge in [-0.3, -0.25) is 0 Å². The van der Waals surface area contributed by atoms with E-state index in [0.717, 1.165) is 36.5 Å². The minimum Gasteiger partial charge on any atom is -0.394 e. The van der Waals surface area contributed by atoms with Gasteiger partial charge in [-0.2, -0.15) is 5.10 Å². The van der Waals surface area contributed by atoms with Crippen LogP contribution in [0.25, 0.3) is 0 Å². The average Bonchev–Trinajstić information content (AvgIpc) is 2.76. The summed E-state index contributed by atoms with van der Waals surface area (Å²) in [4.78, 5) is 0. The maximum atomic E-state index is 6.21. The number of nitrogens with two attached hydrogens (primary N) is 1. The first-order valence-corrected chi connectivity index (χ1v) is 7.74. The van der Waals surface area contributed by atoms with Crippen LogP contribution in [-0.2, 0) is 12.8 Å². The average molecular weight is 284 g/mol. The molecule has 1 atom stereocenters. The predicted molar refractivity (Wildman–Crippen MR) is 87.6 cm³/mol. The van der Waals surface area contributed by atoms with Crippen molar-refractivity contribution in [2.24, 2.45) is 0 Å². The fourth-order valence-corrected chi connectivity index (χ4v) is 3.09. The third-order valence-electron chi connectivity index (χ3n) is 4.31. The Bertz CT molecular complexity index is 642. The highest BCUT2D eigenvalue weighted by Gasteiger charge is 2.22. The van der Waals surface area contributed by atoms with E-state index in [9.17, 15) is 0 Å². The lowest BCUT2D eigenvalue weighted by atomic mass is 9.88. The molecule has 1 aromatic heterocycles. The predicted octanol–water partition coefficient (Wildman–Crippen LogP) is 3.32. The van der Waals surface area contributed by atoms with Gasteiger partial charge in [0.05, 0.1) is 11.4 Å². The summed E-state index contributed by atoms with van der Waals surface area (Å²) in [6, 6.07) is 9.45. The number of hydrogen-bond acceptors (Lipinski definition) is 3. The minimum absolute atomic E-state index is 0.305. The molecule has 0 amide bonds. The van der Waals surface area contributed by atoms with Gasteiger partial charge in [-0.15, -0.1) is 0 Å². The second kappa shape index (κ2) is 5.43. The number of hydrogen-bond donors (Lipinski definition) is 2. The molecule has 4 nitrogen and oxygen atoms in total. The van der Waals surface area contributed by atoms with E-state index in [2.05, 4.69) is 48.5 Å². The highest BCUT2D eigenvalue weighted by atomic mass is 15.4. The van der Waals surface area contributed by atoms with E-state index in [1.165, 1.54) is 11.1 Å². The number of aromatic nitrogens is 2. The number of benzene rings is 1. The zero-order chi connectivity index (χ0) is 15.0. The number of anilines is 2. The number of fused-ring (bicyclic) bond motifs is 1. The van der Waals surface area contributed by atoms with Crippen molar-refractivity contribution in [1.82, 2.24) is 9.78 Å². The van der Waals surface area contributed by atoms with Crippen LogP contribution in [-0.4, -0.2) is 15.8 Å². The van der Waals surface area contributed by atoms with Crippen LogP contribution in [0, 0.1) is 6.92 Å². The number of nitrogen functional groups attached to an aromatic ring is 1. The summed E-state index contributed by atoms with van der Waals surface area (Å²) in [5, 5.41) is 8.18. The molecule has 1 aromatic carbocycles. The Hall–Kier alpha value is -1.97. The molecule has 3 rings (SSSR count). The summed E-state index contributed by atoms with van der Waals surface area (Å²) in [6.45, 7) is 6.23. The van der Waals surface area contributed by atoms with E-state index in [0.29, 0.717) is 12.1 Å². The highest BCUT2D eigenvalue weighted by Crippen LogP contribution is 2.29. The summed E-state index contributed by atoms with van der Waals surface area (Å²) in [5.74, 6) is 0.979. The quantitative estimate of drug-likeness (QED) is 0.909. The van der Waals surface area contributed by atoms with Gasteiger partial charge >= 0.3 is 0 Å². The lowest BCUT2D eigenvalue weighted by molar-refractivity contribution is 0.523. The second-order valence-corrected chi connectivity index (χ2v) is 6.24. The van der Waals surface area contributed by atoms with Crippen LogP contribution in [0.2, 0.25) is 0 Å². The Morgan fingerprint density at radius 2 is 2.00 bits per heavy atom. The van der Waals surface area contributed by atoms with Gasteiger partial charge in [0.15, 0.2) is 0 Å². The molecule has 2 aromatic rings. The minimum atomic E-state index is 0.305. The molecule has 0 spiro atoms. The maximum absolute atomic E-state index is 6.21. The Kier molecular flexibility index (Phi) is 3.62. The molecule has 1 unspecified atom stereocenters. The van der Waals surface area contributed by atoms with Crippen molar-refractivity contribution in [3.05, 3.63) is 41.1 Å². The summed E-state index contributed by atoms with van der Waals surface area (Å²) >= 11 is 0. The van der Waals surface area contributed by atoms with Gasteiger partial charge in [-0.05, 0) is 51.2 Å². The smallest absolute Gasteiger partial charge is 0.148 e. The monoisotopic (exact) mass is 284 g/mol. The lowest BCUT2D eigenvalue weighted by Crippen LogP contribution is -2.29. The first-order chi connectivity index (χ1) is 10.1. The lowest BCUT2D eigenvalue weighted by Gasteiger charge is -2.27. The molecule has 1 aliphatic carbocycles. The number of nitrogens with one attached hydrogen (secondary N) is 1. The highest BCUT2D eigenvalue weighted by molar-refractivity contribution is 5.65. The Labute approximate surface area is 126 Å². The van der Waals surface area contributed by atoms with Crippen molar-refractivity contribution < 1.29 is 0 Å². The molecular formula is C17H24N4. The SMILES string of the molecule is Cc1nn(C(C)C)c(NC2CCc3ccccc3C2)c1N. The molecule has 1 heterocycles. The number of aryl methyl sites for hydroxylation is 2. The van der Waals surface area contributed by atoms with Crippen molar-refractivity contribution in [2.45, 2.75) is 52.1 Å². The van der Waals surface area contributed by atoms with E-state index < -0.39 is 0 Å². The van der Waals surface area contributed by atoms with Crippen molar-refractivity contribution in [3.8, 4) is 0 Å². The van der Waals surface area contributed by atoms with Crippen molar-refractivity contribution in [1.29, 1.82) is 0 Å². The van der Waals surface area contributed by atoms with E-state index in [1.54, 1.807) is 0 Å². The van der Waals surface area contributed by atoms with Crippen LogP contribution < -0.4 is 11.1 Å². The molecule has 0 fully saturated rings. The van der Waals surface area contributed by atoms with Crippen LogP contribution in [0.5, 0.6) is 0 Å². The molecule has 1 aliphatic rings. The summed E-state index contributed by atoms with van der Waals surface area (Å²) in [6.07, 6.45) is 3.32. The van der Waals surface area contributed by atoms with Gasteiger partial charge in [0.2, 0.25) is 0 Å². The fraction of sp³-hybridized carbons (Fsp3) is 0.471. The molecule has 0 bridgehead atoms. The molecular weight excluding hydrogens is 260 g/mol. The number of nitrogens with zero attached hydrogens (tertiary/aromatic N) is 2. The first kappa shape index (κ1) is 14.0. The largest absolute Gasteiger partial charge is 0.394 e. The first-order valence-electron chi connectivity index (χ1n) is 7.74. The molecule has 0 radical (unpaired) electrons. The standard InChI is InChI=1S/C17H24N4/c1-11(2)21-17(16(18)12(3)20-21)19-15-9-8-13-6-4-5-7-14(13)10-15/h4-7,11,15,19H,8-10,18H2,1-3H3. The van der Waals surface area contributed by atoms with Crippen molar-refractivity contribution in [3.63, 3.8) is 0 Å². The van der Waals surface area contributed by atoms with E-state index in [1.807, 2.05) is 11.6 Å². The van der Waals surface area contributed by atoms with Gasteiger partial charge in [0.1, 0.15) is 5.82 Å². The van der Waals surface area contributed by atoms with Crippen LogP contribution in [0.15, 0.2) is 24.3 Å². The maximum Gasteiger partial charge on any atom is 0.148 e. The van der Waals surface area contributed by atoms with Crippen molar-refractivity contribution >= 4 is 11.5 Å². The molecule has 21 heavy (non-hydrogen) atoms. The Balaban J connectivity index is 1.82. The summed E-state index contributed by atoms with van der Waals surface area (Å²) in [5.41, 5.74) is 10.8. The Morgan fingerprint density at radius 3 is 2.71 bits per heavy atom. The van der Waals surface area contributed by atoms with Gasteiger partial charge in [0, 0.05) is 12.1 Å². The van der Waals surface area contributed by atoms with E-state index in [-0.39, 0.29) is 0 Å². The van der Waals surface area contributed by atoms with Crippen LogP contribution >= 0.6 is 0 Å². The van der Waals surface area contributed by atoms with Crippen LogP contribution in [0.4, 0.5) is 11.5 Å². The van der Waals surface area contributed by atoms with Gasteiger partial charge in [-0.25, -0.2) is 4.68 Å². The summed E-state index contributed by atoms with van der Waals surface area (Å²) < 4.78 is 2.01. The molecule has 0 saturated carbocycles. The van der Waals surface area contributed by atoms with Gasteiger partial charge in [-0.1, -0.05) is 24.3 Å². The van der Waals surface area contributed by atoms with Crippen LogP contribution in [0.3, 0.4) is 0 Å². The second-order valence-electron chi connectivity index (χ2n) is 6.24. The zero-order valence-electron chi connectivity index (χ0n) is 13.1. The third-order valence-corrected chi connectivity index (χ3v) is 4.31. The summed E-state index contributed by atoms with van der Waals surface area (Å²) in [7, 11) is 0. The molecule has 0 aliphatic heterocycles. The molecule has 3 N–H and O–H groups in total. The van der Waals surface area contributed by atoms with E-state index in [4.69, 9.17) is 5.73 Å². The van der Waals surface area contributed by atoms with Gasteiger partial charge in [0.25, 0.3) is 0 Å². The topological polar surface area (TPSA) is 55.9 Å². The zero-order valence-corrected chi connectivity index (χ0v) is 13.1. The normalized spacial score (nSPS) is 17.8. The molecule has 4 heteroatoms. The number of rotatable bonds is 3. The fourth-order valence-electron chi connectivity index (χ4n) is 3.09.